The van der Waals surface area contributed by atoms with E-state index in [1.54, 1.807) is 0 Å². The Morgan fingerprint density at radius 2 is 1.32 bits per heavy atom. The molecule has 0 amide bonds. The second-order valence-electron chi connectivity index (χ2n) is 9.31. The van der Waals surface area contributed by atoms with Gasteiger partial charge in [0.05, 0.1) is 16.6 Å². The van der Waals surface area contributed by atoms with E-state index in [2.05, 4.69) is 120 Å². The summed E-state index contributed by atoms with van der Waals surface area (Å²) in [7, 11) is 0. The lowest BCUT2D eigenvalue weighted by Gasteiger charge is -2.10. The van der Waals surface area contributed by atoms with Crippen molar-refractivity contribution in [1.29, 1.82) is 0 Å². The van der Waals surface area contributed by atoms with Crippen molar-refractivity contribution in [3.05, 3.63) is 145 Å². The van der Waals surface area contributed by atoms with Gasteiger partial charge >= 0.3 is 0 Å². The maximum Gasteiger partial charge on any atom is 0.149 e. The third-order valence-electron chi connectivity index (χ3n) is 6.92. The minimum atomic E-state index is 0.866. The number of imidazole rings is 1. The molecule has 0 atom stereocenters. The molecular formula is C34H24N2O. The summed E-state index contributed by atoms with van der Waals surface area (Å²) in [5.74, 6) is 0.879. The Balaban J connectivity index is 1.36. The number of rotatable bonds is 5. The molecule has 7 aromatic rings. The molecule has 3 heteroatoms. The SMILES string of the molecule is c1ccc(Cc2ccc3occ(-c4nc5ccccc5n4-c4ccc(-c5ccccc5)cc4)c3c2)cc1. The highest BCUT2D eigenvalue weighted by atomic mass is 16.3. The lowest BCUT2D eigenvalue weighted by atomic mass is 10.0. The molecule has 176 valence electrons. The minimum absolute atomic E-state index is 0.866. The van der Waals surface area contributed by atoms with E-state index in [1.165, 1.54) is 22.3 Å². The molecule has 0 aliphatic rings. The van der Waals surface area contributed by atoms with Crippen molar-refractivity contribution in [3.8, 4) is 28.2 Å². The molecule has 0 aliphatic heterocycles. The topological polar surface area (TPSA) is 31.0 Å². The van der Waals surface area contributed by atoms with E-state index in [1.807, 2.05) is 18.4 Å². The number of aromatic nitrogens is 2. The molecule has 0 N–H and O–H groups in total. The van der Waals surface area contributed by atoms with Gasteiger partial charge in [-0.3, -0.25) is 4.57 Å². The number of benzene rings is 5. The fourth-order valence-electron chi connectivity index (χ4n) is 5.09. The number of furan rings is 1. The van der Waals surface area contributed by atoms with E-state index in [4.69, 9.17) is 9.40 Å². The van der Waals surface area contributed by atoms with Crippen LogP contribution < -0.4 is 0 Å². The van der Waals surface area contributed by atoms with Crippen LogP contribution in [0.3, 0.4) is 0 Å². The van der Waals surface area contributed by atoms with Gasteiger partial charge in [-0.1, -0.05) is 91.0 Å². The molecule has 0 fully saturated rings. The number of fused-ring (bicyclic) bond motifs is 2. The first-order valence-corrected chi connectivity index (χ1v) is 12.5. The summed E-state index contributed by atoms with van der Waals surface area (Å²) >= 11 is 0. The fourth-order valence-corrected chi connectivity index (χ4v) is 5.09. The second-order valence-corrected chi connectivity index (χ2v) is 9.31. The van der Waals surface area contributed by atoms with Crippen LogP contribution in [-0.2, 0) is 6.42 Å². The average Bonchev–Trinajstić information content (AvgIpc) is 3.55. The Hall–Kier alpha value is -4.89. The highest BCUT2D eigenvalue weighted by Crippen LogP contribution is 2.35. The Kier molecular flexibility index (Phi) is 5.18. The summed E-state index contributed by atoms with van der Waals surface area (Å²) < 4.78 is 8.25. The summed E-state index contributed by atoms with van der Waals surface area (Å²) in [6, 6.07) is 44.4. The Bertz CT molecular complexity index is 1830. The molecule has 7 rings (SSSR count). The smallest absolute Gasteiger partial charge is 0.149 e. The van der Waals surface area contributed by atoms with Gasteiger partial charge in [0.1, 0.15) is 17.7 Å². The van der Waals surface area contributed by atoms with Crippen LogP contribution in [0.2, 0.25) is 0 Å². The van der Waals surface area contributed by atoms with Gasteiger partial charge in [-0.2, -0.15) is 0 Å². The van der Waals surface area contributed by atoms with Gasteiger partial charge in [0.25, 0.3) is 0 Å². The van der Waals surface area contributed by atoms with Crippen LogP contribution >= 0.6 is 0 Å². The molecule has 2 aromatic heterocycles. The number of hydrogen-bond donors (Lipinski definition) is 0. The maximum absolute atomic E-state index is 6.02. The quantitative estimate of drug-likeness (QED) is 0.249. The van der Waals surface area contributed by atoms with E-state index >= 15 is 0 Å². The van der Waals surface area contributed by atoms with Crippen molar-refractivity contribution in [2.75, 3.05) is 0 Å². The largest absolute Gasteiger partial charge is 0.464 e. The van der Waals surface area contributed by atoms with Crippen molar-refractivity contribution >= 4 is 22.0 Å². The van der Waals surface area contributed by atoms with Crippen molar-refractivity contribution in [2.45, 2.75) is 6.42 Å². The zero-order chi connectivity index (χ0) is 24.6. The van der Waals surface area contributed by atoms with E-state index in [9.17, 15) is 0 Å². The lowest BCUT2D eigenvalue weighted by molar-refractivity contribution is 0.616. The highest BCUT2D eigenvalue weighted by Gasteiger charge is 2.19. The Morgan fingerprint density at radius 3 is 2.14 bits per heavy atom. The maximum atomic E-state index is 6.02. The molecule has 0 unspecified atom stereocenters. The van der Waals surface area contributed by atoms with Gasteiger partial charge in [-0.15, -0.1) is 0 Å². The molecule has 3 nitrogen and oxygen atoms in total. The van der Waals surface area contributed by atoms with Crippen molar-refractivity contribution in [2.24, 2.45) is 0 Å². The first-order valence-electron chi connectivity index (χ1n) is 12.5. The van der Waals surface area contributed by atoms with Crippen LogP contribution in [0.5, 0.6) is 0 Å². The van der Waals surface area contributed by atoms with Gasteiger partial charge in [0.15, 0.2) is 0 Å². The predicted octanol–water partition coefficient (Wildman–Crippen LogP) is 8.70. The van der Waals surface area contributed by atoms with E-state index in [-0.39, 0.29) is 0 Å². The van der Waals surface area contributed by atoms with Crippen LogP contribution in [0.15, 0.2) is 138 Å². The standard InChI is InChI=1S/C34H24N2O/c1-3-9-24(10-4-1)21-25-15-20-33-29(22-25)30(23-37-33)34-35-31-13-7-8-14-32(31)36(34)28-18-16-27(17-19-28)26-11-5-2-6-12-26/h1-20,22-23H,21H2. The third kappa shape index (κ3) is 3.91. The van der Waals surface area contributed by atoms with Crippen LogP contribution in [0, 0.1) is 0 Å². The van der Waals surface area contributed by atoms with Gasteiger partial charge in [0.2, 0.25) is 0 Å². The predicted molar refractivity (Wildman–Crippen MR) is 151 cm³/mol. The molecule has 0 spiro atoms. The first-order chi connectivity index (χ1) is 18.3. The lowest BCUT2D eigenvalue weighted by Crippen LogP contribution is -1.97. The fraction of sp³-hybridized carbons (Fsp3) is 0.0294. The Morgan fingerprint density at radius 1 is 0.622 bits per heavy atom. The molecule has 5 aromatic carbocycles. The Labute approximate surface area is 215 Å². The molecule has 0 aliphatic carbocycles. The summed E-state index contributed by atoms with van der Waals surface area (Å²) in [4.78, 5) is 5.08. The zero-order valence-corrected chi connectivity index (χ0v) is 20.2. The van der Waals surface area contributed by atoms with Gasteiger partial charge in [-0.25, -0.2) is 4.98 Å². The van der Waals surface area contributed by atoms with Crippen molar-refractivity contribution < 1.29 is 4.42 Å². The molecule has 0 saturated carbocycles. The zero-order valence-electron chi connectivity index (χ0n) is 20.2. The van der Waals surface area contributed by atoms with Crippen LogP contribution in [0.25, 0.3) is 50.2 Å². The summed E-state index contributed by atoms with van der Waals surface area (Å²) in [6.07, 6.45) is 2.71. The molecule has 2 heterocycles. The summed E-state index contributed by atoms with van der Waals surface area (Å²) in [5.41, 5.74) is 9.88. The first kappa shape index (κ1) is 21.4. The summed E-state index contributed by atoms with van der Waals surface area (Å²) in [5, 5.41) is 1.07. The molecule has 0 saturated heterocycles. The molecule has 37 heavy (non-hydrogen) atoms. The normalized spacial score (nSPS) is 11.4. The van der Waals surface area contributed by atoms with Crippen LogP contribution in [-0.4, -0.2) is 9.55 Å². The van der Waals surface area contributed by atoms with E-state index < -0.39 is 0 Å². The molecule has 0 radical (unpaired) electrons. The van der Waals surface area contributed by atoms with Gasteiger partial charge in [-0.05, 0) is 65.1 Å². The van der Waals surface area contributed by atoms with Crippen LogP contribution in [0.4, 0.5) is 0 Å². The van der Waals surface area contributed by atoms with Crippen LogP contribution in [0.1, 0.15) is 11.1 Å². The van der Waals surface area contributed by atoms with Crippen molar-refractivity contribution in [3.63, 3.8) is 0 Å². The summed E-state index contributed by atoms with van der Waals surface area (Å²) in [6.45, 7) is 0. The number of para-hydroxylation sites is 2. The van der Waals surface area contributed by atoms with E-state index in [0.29, 0.717) is 0 Å². The monoisotopic (exact) mass is 476 g/mol. The third-order valence-corrected chi connectivity index (χ3v) is 6.92. The van der Waals surface area contributed by atoms with E-state index in [0.717, 1.165) is 45.5 Å². The molecule has 0 bridgehead atoms. The second kappa shape index (κ2) is 8.96. The van der Waals surface area contributed by atoms with Crippen molar-refractivity contribution in [1.82, 2.24) is 9.55 Å². The minimum Gasteiger partial charge on any atom is -0.464 e. The van der Waals surface area contributed by atoms with Gasteiger partial charge < -0.3 is 4.42 Å². The average molecular weight is 477 g/mol. The van der Waals surface area contributed by atoms with Gasteiger partial charge in [0, 0.05) is 11.1 Å². The molecular weight excluding hydrogens is 452 g/mol. The number of nitrogens with zero attached hydrogens (tertiary/aromatic N) is 2. The highest BCUT2D eigenvalue weighted by molar-refractivity contribution is 5.95. The number of hydrogen-bond acceptors (Lipinski definition) is 2.